The predicted octanol–water partition coefficient (Wildman–Crippen LogP) is 4.34. The zero-order valence-electron chi connectivity index (χ0n) is 11.0. The molecular weight excluding hydrogens is 220 g/mol. The van der Waals surface area contributed by atoms with E-state index in [9.17, 15) is 5.11 Å². The van der Waals surface area contributed by atoms with Gasteiger partial charge in [-0.3, -0.25) is 0 Å². The van der Waals surface area contributed by atoms with Gasteiger partial charge < -0.3 is 5.11 Å². The Hall–Kier alpha value is -0.0100. The van der Waals surface area contributed by atoms with Crippen molar-refractivity contribution in [2.24, 2.45) is 17.3 Å². The molecule has 0 amide bonds. The molecule has 3 atom stereocenters. The number of hydrogen-bond acceptors (Lipinski definition) is 1. The van der Waals surface area contributed by atoms with E-state index in [-0.39, 0.29) is 6.10 Å². The molecule has 94 valence electrons. The van der Waals surface area contributed by atoms with Gasteiger partial charge in [0.2, 0.25) is 0 Å². The Balaban J connectivity index is 2.62. The van der Waals surface area contributed by atoms with Crippen LogP contribution in [0.1, 0.15) is 53.4 Å². The van der Waals surface area contributed by atoms with Crippen LogP contribution < -0.4 is 0 Å². The Labute approximate surface area is 105 Å². The Bertz CT molecular complexity index is 252. The van der Waals surface area contributed by atoms with Crippen molar-refractivity contribution in [2.45, 2.75) is 59.5 Å². The van der Waals surface area contributed by atoms with Gasteiger partial charge in [0.05, 0.1) is 6.10 Å². The van der Waals surface area contributed by atoms with E-state index in [0.29, 0.717) is 11.3 Å². The summed E-state index contributed by atoms with van der Waals surface area (Å²) in [5.41, 5.74) is 3.19. The smallest absolute Gasteiger partial charge is 0.0571 e. The molecule has 1 rings (SSSR count). The second kappa shape index (κ2) is 5.55. The van der Waals surface area contributed by atoms with Crippen LogP contribution in [0.5, 0.6) is 0 Å². The number of allylic oxidation sites excluding steroid dienone is 1. The van der Waals surface area contributed by atoms with Gasteiger partial charge in [-0.1, -0.05) is 37.9 Å². The van der Waals surface area contributed by atoms with Crippen LogP contribution >= 0.6 is 11.6 Å². The van der Waals surface area contributed by atoms with Crippen molar-refractivity contribution in [1.82, 2.24) is 0 Å². The molecule has 3 unspecified atom stereocenters. The van der Waals surface area contributed by atoms with Crippen LogP contribution in [0.25, 0.3) is 0 Å². The van der Waals surface area contributed by atoms with Crippen molar-refractivity contribution in [3.05, 3.63) is 11.1 Å². The highest BCUT2D eigenvalue weighted by Gasteiger charge is 2.34. The maximum absolute atomic E-state index is 10.0. The van der Waals surface area contributed by atoms with Gasteiger partial charge in [-0.15, -0.1) is 0 Å². The third kappa shape index (κ3) is 3.78. The molecule has 2 heteroatoms. The summed E-state index contributed by atoms with van der Waals surface area (Å²) in [6, 6.07) is 0. The van der Waals surface area contributed by atoms with E-state index >= 15 is 0 Å². The van der Waals surface area contributed by atoms with Crippen molar-refractivity contribution in [3.8, 4) is 0 Å². The fraction of sp³-hybridized carbons (Fsp3) is 0.857. The molecule has 1 N–H and O–H groups in total. The lowest BCUT2D eigenvalue weighted by atomic mass is 9.67. The highest BCUT2D eigenvalue weighted by atomic mass is 35.5. The number of rotatable bonds is 2. The summed E-state index contributed by atoms with van der Waals surface area (Å²) in [6.45, 7) is 8.95. The largest absolute Gasteiger partial charge is 0.393 e. The van der Waals surface area contributed by atoms with Crippen LogP contribution in [0.3, 0.4) is 0 Å². The third-order valence-electron chi connectivity index (χ3n) is 3.94. The van der Waals surface area contributed by atoms with Crippen LogP contribution in [0.4, 0.5) is 0 Å². The van der Waals surface area contributed by atoms with Crippen LogP contribution in [0, 0.1) is 17.3 Å². The molecule has 0 radical (unpaired) electrons. The molecule has 0 aromatic heterocycles. The average molecular weight is 245 g/mol. The first kappa shape index (κ1) is 14.1. The molecule has 1 fully saturated rings. The first-order valence-electron chi connectivity index (χ1n) is 6.28. The van der Waals surface area contributed by atoms with Crippen LogP contribution in [0.2, 0.25) is 0 Å². The molecular formula is C14H25ClO. The second-order valence-corrected chi connectivity index (χ2v) is 6.58. The van der Waals surface area contributed by atoms with Gasteiger partial charge in [-0.2, -0.15) is 0 Å². The van der Waals surface area contributed by atoms with Crippen LogP contribution in [-0.2, 0) is 0 Å². The zero-order valence-corrected chi connectivity index (χ0v) is 11.7. The predicted molar refractivity (Wildman–Crippen MR) is 70.5 cm³/mol. The summed E-state index contributed by atoms with van der Waals surface area (Å²) in [7, 11) is 0. The van der Waals surface area contributed by atoms with Gasteiger partial charge in [0, 0.05) is 5.54 Å². The lowest BCUT2D eigenvalue weighted by molar-refractivity contribution is 0.0197. The Morgan fingerprint density at radius 1 is 1.38 bits per heavy atom. The van der Waals surface area contributed by atoms with Gasteiger partial charge in [0.15, 0.2) is 0 Å². The second-order valence-electron chi connectivity index (χ2n) is 6.36. The minimum atomic E-state index is -0.134. The maximum atomic E-state index is 10.0. The van der Waals surface area contributed by atoms with Crippen molar-refractivity contribution >= 4 is 11.6 Å². The van der Waals surface area contributed by atoms with Crippen molar-refractivity contribution in [2.75, 3.05) is 0 Å². The summed E-state index contributed by atoms with van der Waals surface area (Å²) < 4.78 is 0. The fourth-order valence-corrected chi connectivity index (χ4v) is 2.80. The highest BCUT2D eigenvalue weighted by molar-refractivity contribution is 6.25. The zero-order chi connectivity index (χ0) is 12.3. The molecule has 1 aliphatic carbocycles. The van der Waals surface area contributed by atoms with Gasteiger partial charge in [0.1, 0.15) is 0 Å². The monoisotopic (exact) mass is 244 g/mol. The normalized spacial score (nSPS) is 32.9. The lowest BCUT2D eigenvalue weighted by Gasteiger charge is -2.40. The molecule has 16 heavy (non-hydrogen) atoms. The molecule has 1 saturated carbocycles. The standard InChI is InChI=1S/C14H25ClO/c1-10(9-15)7-11-8-12(14(2,3)4)5-6-13(11)16/h9,11-13,16H,5-8H2,1-4H3. The molecule has 1 aliphatic rings. The van der Waals surface area contributed by atoms with Gasteiger partial charge >= 0.3 is 0 Å². The van der Waals surface area contributed by atoms with E-state index in [2.05, 4.69) is 20.8 Å². The SMILES string of the molecule is CC(=CCl)CC1CC(C(C)(C)C)CCC1O. The topological polar surface area (TPSA) is 20.2 Å². The summed E-state index contributed by atoms with van der Waals surface area (Å²) in [4.78, 5) is 0. The van der Waals surface area contributed by atoms with E-state index in [1.807, 2.05) is 6.92 Å². The Morgan fingerprint density at radius 2 is 2.00 bits per heavy atom. The lowest BCUT2D eigenvalue weighted by Crippen LogP contribution is -2.34. The van der Waals surface area contributed by atoms with Crippen LogP contribution in [0.15, 0.2) is 11.1 Å². The van der Waals surface area contributed by atoms with Gasteiger partial charge in [-0.25, -0.2) is 0 Å². The van der Waals surface area contributed by atoms with Crippen LogP contribution in [-0.4, -0.2) is 11.2 Å². The number of aliphatic hydroxyl groups excluding tert-OH is 1. The molecule has 0 heterocycles. The molecule has 0 spiro atoms. The first-order valence-corrected chi connectivity index (χ1v) is 6.72. The molecule has 0 aromatic rings. The molecule has 0 aliphatic heterocycles. The number of halogens is 1. The van der Waals surface area contributed by atoms with E-state index < -0.39 is 0 Å². The van der Waals surface area contributed by atoms with Crippen molar-refractivity contribution < 1.29 is 5.11 Å². The van der Waals surface area contributed by atoms with Gasteiger partial charge in [-0.05, 0) is 49.9 Å². The highest BCUT2D eigenvalue weighted by Crippen LogP contribution is 2.42. The first-order chi connectivity index (χ1) is 7.34. The fourth-order valence-electron chi connectivity index (χ4n) is 2.71. The van der Waals surface area contributed by atoms with Crippen molar-refractivity contribution in [3.63, 3.8) is 0 Å². The summed E-state index contributed by atoms with van der Waals surface area (Å²) >= 11 is 5.70. The van der Waals surface area contributed by atoms with E-state index in [4.69, 9.17) is 11.6 Å². The minimum absolute atomic E-state index is 0.134. The average Bonchev–Trinajstić information content (AvgIpc) is 2.19. The molecule has 1 nitrogen and oxygen atoms in total. The maximum Gasteiger partial charge on any atom is 0.0571 e. The molecule has 0 bridgehead atoms. The van der Waals surface area contributed by atoms with E-state index in [1.54, 1.807) is 5.54 Å². The quantitative estimate of drug-likeness (QED) is 0.766. The number of aliphatic hydroxyl groups is 1. The summed E-state index contributed by atoms with van der Waals surface area (Å²) in [5, 5.41) is 10.0. The van der Waals surface area contributed by atoms with Crippen molar-refractivity contribution in [1.29, 1.82) is 0 Å². The van der Waals surface area contributed by atoms with E-state index in [0.717, 1.165) is 31.6 Å². The molecule has 0 saturated heterocycles. The third-order valence-corrected chi connectivity index (χ3v) is 4.31. The molecule has 0 aromatic carbocycles. The Morgan fingerprint density at radius 3 is 2.50 bits per heavy atom. The minimum Gasteiger partial charge on any atom is -0.393 e. The summed E-state index contributed by atoms with van der Waals surface area (Å²) in [6.07, 6.45) is 4.04. The van der Waals surface area contributed by atoms with Gasteiger partial charge in [0.25, 0.3) is 0 Å². The van der Waals surface area contributed by atoms with E-state index in [1.165, 1.54) is 5.57 Å². The number of hydrogen-bond donors (Lipinski definition) is 1. The Kier molecular flexibility index (Phi) is 4.88. The summed E-state index contributed by atoms with van der Waals surface area (Å²) in [5.74, 6) is 1.12.